The molecule has 32 heavy (non-hydrogen) atoms. The lowest BCUT2D eigenvalue weighted by molar-refractivity contribution is -0.115. The molecule has 7 nitrogen and oxygen atoms in total. The Kier molecular flexibility index (Phi) is 8.28. The highest BCUT2D eigenvalue weighted by Crippen LogP contribution is 2.38. The van der Waals surface area contributed by atoms with Gasteiger partial charge in [0, 0.05) is 5.69 Å². The molecule has 0 spiro atoms. The second-order valence-corrected chi connectivity index (χ2v) is 9.82. The van der Waals surface area contributed by atoms with Gasteiger partial charge in [0.15, 0.2) is 0 Å². The summed E-state index contributed by atoms with van der Waals surface area (Å²) in [5.41, 5.74) is 6.30. The molecule has 3 N–H and O–H groups in total. The summed E-state index contributed by atoms with van der Waals surface area (Å²) in [7, 11) is -1.90. The van der Waals surface area contributed by atoms with Crippen LogP contribution in [-0.2, 0) is 34.2 Å². The Labute approximate surface area is 190 Å². The number of carbonyl (C=O) groups is 1. The van der Waals surface area contributed by atoms with Gasteiger partial charge < -0.3 is 15.4 Å². The molecule has 2 aliphatic rings. The van der Waals surface area contributed by atoms with Gasteiger partial charge in [-0.2, -0.15) is 8.42 Å². The van der Waals surface area contributed by atoms with Crippen LogP contribution in [0, 0.1) is 0 Å². The number of hydrogen-bond acceptors (Lipinski definition) is 5. The summed E-state index contributed by atoms with van der Waals surface area (Å²) in [6, 6.07) is 12.8. The van der Waals surface area contributed by atoms with Crippen LogP contribution >= 0.6 is 0 Å². The largest absolute Gasteiger partial charge is 0.496 e. The summed E-state index contributed by atoms with van der Waals surface area (Å²) in [5.74, 6) is 1.79. The Balaban J connectivity index is 0.000000523. The molecule has 0 radical (unpaired) electrons. The maximum atomic E-state index is 11.5. The molecular formula is C24H32N2O5S. The summed E-state index contributed by atoms with van der Waals surface area (Å²) in [6.45, 7) is 2.00. The van der Waals surface area contributed by atoms with Crippen LogP contribution in [0.15, 0.2) is 36.4 Å². The molecule has 2 aromatic carbocycles. The summed E-state index contributed by atoms with van der Waals surface area (Å²) in [5, 5.41) is 6.49. The fourth-order valence-corrected chi connectivity index (χ4v) is 4.48. The van der Waals surface area contributed by atoms with Gasteiger partial charge >= 0.3 is 0 Å². The van der Waals surface area contributed by atoms with Crippen molar-refractivity contribution < 1.29 is 22.5 Å². The number of rotatable bonds is 7. The first-order valence-electron chi connectivity index (χ1n) is 10.9. The van der Waals surface area contributed by atoms with E-state index in [1.54, 1.807) is 7.11 Å². The molecule has 1 amide bonds. The Morgan fingerprint density at radius 2 is 2.00 bits per heavy atom. The van der Waals surface area contributed by atoms with Crippen molar-refractivity contribution in [3.05, 3.63) is 58.7 Å². The van der Waals surface area contributed by atoms with E-state index in [2.05, 4.69) is 41.0 Å². The average molecular weight is 461 g/mol. The number of methoxy groups -OCH3 is 1. The summed E-state index contributed by atoms with van der Waals surface area (Å²) >= 11 is 0. The van der Waals surface area contributed by atoms with Crippen LogP contribution in [0.1, 0.15) is 47.4 Å². The number of nitrogens with one attached hydrogen (secondary N) is 2. The maximum Gasteiger partial charge on any atom is 0.261 e. The first kappa shape index (κ1) is 24.2. The van der Waals surface area contributed by atoms with E-state index in [1.807, 2.05) is 6.07 Å². The van der Waals surface area contributed by atoms with E-state index in [4.69, 9.17) is 9.29 Å². The summed E-state index contributed by atoms with van der Waals surface area (Å²) < 4.78 is 31.4. The van der Waals surface area contributed by atoms with Crippen molar-refractivity contribution in [3.8, 4) is 5.75 Å². The van der Waals surface area contributed by atoms with E-state index in [-0.39, 0.29) is 5.91 Å². The van der Waals surface area contributed by atoms with Crippen LogP contribution < -0.4 is 15.4 Å². The van der Waals surface area contributed by atoms with Crippen LogP contribution in [0.5, 0.6) is 5.75 Å². The van der Waals surface area contributed by atoms with Gasteiger partial charge in [0.1, 0.15) is 5.75 Å². The van der Waals surface area contributed by atoms with E-state index in [0.717, 1.165) is 42.9 Å². The molecule has 174 valence electrons. The molecule has 1 atom stereocenters. The highest BCUT2D eigenvalue weighted by Gasteiger charge is 2.22. The number of anilines is 1. The molecule has 1 aliphatic carbocycles. The minimum absolute atomic E-state index is 0.102. The van der Waals surface area contributed by atoms with E-state index >= 15 is 0 Å². The van der Waals surface area contributed by atoms with Gasteiger partial charge in [0.2, 0.25) is 5.91 Å². The Morgan fingerprint density at radius 3 is 2.75 bits per heavy atom. The molecule has 0 bridgehead atoms. The van der Waals surface area contributed by atoms with Crippen molar-refractivity contribution in [3.63, 3.8) is 0 Å². The van der Waals surface area contributed by atoms with E-state index < -0.39 is 10.1 Å². The molecule has 4 rings (SSSR count). The zero-order valence-corrected chi connectivity index (χ0v) is 19.5. The molecule has 1 aliphatic heterocycles. The monoisotopic (exact) mass is 460 g/mol. The molecule has 0 fully saturated rings. The van der Waals surface area contributed by atoms with Gasteiger partial charge in [-0.05, 0) is 85.5 Å². The van der Waals surface area contributed by atoms with E-state index in [1.165, 1.54) is 36.0 Å². The SMILES string of the molecule is COc1cccc2c1CCCC2CCNCCc1ccc2c(c1)CC(=O)N2.CS(=O)(=O)O. The van der Waals surface area contributed by atoms with Gasteiger partial charge in [-0.3, -0.25) is 9.35 Å². The minimum atomic E-state index is -3.67. The average Bonchev–Trinajstić information content (AvgIpc) is 3.11. The smallest absolute Gasteiger partial charge is 0.261 e. The number of fused-ring (bicyclic) bond motifs is 2. The number of amides is 1. The fourth-order valence-electron chi connectivity index (χ4n) is 4.48. The summed E-state index contributed by atoms with van der Waals surface area (Å²) in [4.78, 5) is 11.5. The van der Waals surface area contributed by atoms with Crippen molar-refractivity contribution in [2.24, 2.45) is 0 Å². The van der Waals surface area contributed by atoms with E-state index in [0.29, 0.717) is 18.6 Å². The Morgan fingerprint density at radius 1 is 1.22 bits per heavy atom. The quantitative estimate of drug-likeness (QED) is 0.432. The molecule has 0 saturated carbocycles. The first-order chi connectivity index (χ1) is 15.2. The second-order valence-electron chi connectivity index (χ2n) is 8.36. The number of benzene rings is 2. The Hall–Kier alpha value is -2.42. The zero-order valence-electron chi connectivity index (χ0n) is 18.7. The van der Waals surface area contributed by atoms with Gasteiger partial charge in [0.05, 0.1) is 19.8 Å². The molecule has 0 aromatic heterocycles. The van der Waals surface area contributed by atoms with Gasteiger partial charge in [-0.25, -0.2) is 0 Å². The van der Waals surface area contributed by atoms with Crippen LogP contribution in [0.25, 0.3) is 0 Å². The van der Waals surface area contributed by atoms with Gasteiger partial charge in [-0.1, -0.05) is 24.3 Å². The molecule has 0 saturated heterocycles. The third-order valence-corrected chi connectivity index (χ3v) is 5.86. The second kappa shape index (κ2) is 10.9. The molecular weight excluding hydrogens is 428 g/mol. The first-order valence-corrected chi connectivity index (χ1v) is 12.8. The number of hydrogen-bond donors (Lipinski definition) is 3. The van der Waals surface area contributed by atoms with E-state index in [9.17, 15) is 13.2 Å². The van der Waals surface area contributed by atoms with Crippen molar-refractivity contribution >= 4 is 21.7 Å². The standard InChI is InChI=1S/C23H28N2O2.CH4O3S/c1-27-22-7-3-5-19-17(4-2-6-20(19)22)11-13-24-12-10-16-8-9-21-18(14-16)15-23(26)25-21;1-5(2,3)4/h3,5,7-9,14,17,24H,2,4,6,10-13,15H2,1H3,(H,25,26);1H3,(H,2,3,4). The summed E-state index contributed by atoms with van der Waals surface area (Å²) in [6.07, 6.45) is 7.06. The highest BCUT2D eigenvalue weighted by atomic mass is 32.2. The molecule has 8 heteroatoms. The highest BCUT2D eigenvalue weighted by molar-refractivity contribution is 7.85. The fraction of sp³-hybridized carbons (Fsp3) is 0.458. The molecule has 1 unspecified atom stereocenters. The third-order valence-electron chi connectivity index (χ3n) is 5.86. The lowest BCUT2D eigenvalue weighted by Crippen LogP contribution is -2.22. The number of ether oxygens (including phenoxy) is 1. The van der Waals surface area contributed by atoms with Crippen molar-refractivity contribution in [2.75, 3.05) is 31.8 Å². The minimum Gasteiger partial charge on any atom is -0.496 e. The lowest BCUT2D eigenvalue weighted by Gasteiger charge is -2.27. The van der Waals surface area contributed by atoms with Gasteiger partial charge in [-0.15, -0.1) is 0 Å². The van der Waals surface area contributed by atoms with Crippen LogP contribution in [0.2, 0.25) is 0 Å². The van der Waals surface area contributed by atoms with Crippen LogP contribution in [0.3, 0.4) is 0 Å². The van der Waals surface area contributed by atoms with Crippen LogP contribution in [0.4, 0.5) is 5.69 Å². The van der Waals surface area contributed by atoms with Crippen molar-refractivity contribution in [1.82, 2.24) is 5.32 Å². The van der Waals surface area contributed by atoms with Crippen LogP contribution in [-0.4, -0.2) is 45.3 Å². The van der Waals surface area contributed by atoms with Gasteiger partial charge in [0.25, 0.3) is 10.1 Å². The predicted octanol–water partition coefficient (Wildman–Crippen LogP) is 3.34. The topological polar surface area (TPSA) is 105 Å². The van der Waals surface area contributed by atoms with Crippen molar-refractivity contribution in [1.29, 1.82) is 0 Å². The zero-order chi connectivity index (χ0) is 23.1. The number of carbonyl (C=O) groups excluding carboxylic acids is 1. The lowest BCUT2D eigenvalue weighted by atomic mass is 9.80. The molecule has 1 heterocycles. The normalized spacial score (nSPS) is 17.0. The molecule has 2 aromatic rings. The van der Waals surface area contributed by atoms with Crippen molar-refractivity contribution in [2.45, 2.75) is 44.4 Å². The Bertz CT molecular complexity index is 1040. The maximum absolute atomic E-state index is 11.5. The predicted molar refractivity (Wildman–Crippen MR) is 126 cm³/mol. The third kappa shape index (κ3) is 7.05.